The Labute approximate surface area is 145 Å². The molecule has 0 spiro atoms. The number of alkyl halides is 3. The lowest BCUT2D eigenvalue weighted by Gasteiger charge is -2.33. The Morgan fingerprint density at radius 3 is 2.36 bits per heavy atom. The summed E-state index contributed by atoms with van der Waals surface area (Å²) in [5.74, 6) is -1.93. The average Bonchev–Trinajstić information content (AvgIpc) is 2.56. The van der Waals surface area contributed by atoms with Gasteiger partial charge in [-0.15, -0.1) is 0 Å². The number of carbonyl (C=O) groups is 2. The molecule has 1 saturated heterocycles. The molecular formula is C16H21BF3N3O2. The zero-order valence-electron chi connectivity index (χ0n) is 14.1. The van der Waals surface area contributed by atoms with Gasteiger partial charge in [-0.3, -0.25) is 9.69 Å². The van der Waals surface area contributed by atoms with Gasteiger partial charge in [-0.1, -0.05) is 24.3 Å². The highest BCUT2D eigenvalue weighted by atomic mass is 19.4. The maximum absolute atomic E-state index is 12.3. The number of rotatable bonds is 6. The lowest BCUT2D eigenvalue weighted by molar-refractivity contribution is -0.174. The average molecular weight is 355 g/mol. The third kappa shape index (κ3) is 5.86. The van der Waals surface area contributed by atoms with Crippen molar-refractivity contribution in [1.82, 2.24) is 15.0 Å². The molecule has 9 heteroatoms. The molecule has 5 nitrogen and oxygen atoms in total. The van der Waals surface area contributed by atoms with Crippen LogP contribution >= 0.6 is 0 Å². The molecule has 0 aliphatic carbocycles. The second kappa shape index (κ2) is 8.49. The zero-order valence-corrected chi connectivity index (χ0v) is 14.1. The lowest BCUT2D eigenvalue weighted by atomic mass is 9.93. The lowest BCUT2D eigenvalue weighted by Crippen LogP contribution is -2.47. The van der Waals surface area contributed by atoms with Crippen molar-refractivity contribution in [3.05, 3.63) is 35.4 Å². The van der Waals surface area contributed by atoms with Crippen molar-refractivity contribution < 1.29 is 22.8 Å². The normalized spacial score (nSPS) is 17.8. The second-order valence-corrected chi connectivity index (χ2v) is 6.18. The third-order valence-corrected chi connectivity index (χ3v) is 4.29. The minimum atomic E-state index is -4.87. The molecule has 1 aliphatic rings. The van der Waals surface area contributed by atoms with Crippen LogP contribution in [0.4, 0.5) is 13.2 Å². The number of carbonyl (C=O) groups excluding carboxylic acids is 2. The van der Waals surface area contributed by atoms with E-state index in [1.54, 1.807) is 12.1 Å². The molecule has 1 atom stereocenters. The van der Waals surface area contributed by atoms with E-state index in [1.807, 2.05) is 17.4 Å². The van der Waals surface area contributed by atoms with E-state index in [9.17, 15) is 22.8 Å². The largest absolute Gasteiger partial charge is 0.471 e. The Hall–Kier alpha value is -1.87. The summed E-state index contributed by atoms with van der Waals surface area (Å²) in [6.07, 6.45) is -3.96. The molecule has 0 bridgehead atoms. The van der Waals surface area contributed by atoms with Crippen LogP contribution in [0.3, 0.4) is 0 Å². The molecule has 1 aliphatic heterocycles. The predicted molar refractivity (Wildman–Crippen MR) is 89.8 cm³/mol. The van der Waals surface area contributed by atoms with Crippen LogP contribution in [-0.4, -0.2) is 61.6 Å². The maximum Gasteiger partial charge on any atom is 0.471 e. The van der Waals surface area contributed by atoms with Crippen molar-refractivity contribution >= 4 is 19.5 Å². The molecule has 0 saturated carbocycles. The number of nitrogens with zero attached hydrogens (tertiary/aromatic N) is 2. The Kier molecular flexibility index (Phi) is 6.61. The fraction of sp³-hybridized carbons (Fsp3) is 0.500. The van der Waals surface area contributed by atoms with Gasteiger partial charge in [0.1, 0.15) is 0 Å². The first-order chi connectivity index (χ1) is 11.8. The quantitative estimate of drug-likeness (QED) is 0.613. The molecule has 0 unspecified atom stereocenters. The summed E-state index contributed by atoms with van der Waals surface area (Å²) in [6.45, 7) is 5.69. The molecule has 136 valence electrons. The second-order valence-electron chi connectivity index (χ2n) is 6.18. The van der Waals surface area contributed by atoms with E-state index in [0.29, 0.717) is 13.0 Å². The van der Waals surface area contributed by atoms with E-state index in [1.165, 1.54) is 6.92 Å². The number of hydrogen-bond acceptors (Lipinski definition) is 4. The standard InChI is InChI=1S/C16H21BF3N3O2/c1-12(21-15(25)16(18,19)20)14-4-2-13(3-5-14)10-22-6-8-23(9-7-22)17-11-24/h2-5,11-12,17H,6-10H2,1H3,(H,21,25)/t12-/m0/s1. The molecule has 0 radical (unpaired) electrons. The molecular weight excluding hydrogens is 334 g/mol. The van der Waals surface area contributed by atoms with Gasteiger partial charge in [0.05, 0.1) is 12.2 Å². The highest BCUT2D eigenvalue weighted by molar-refractivity contribution is 6.64. The van der Waals surface area contributed by atoms with Crippen LogP contribution in [-0.2, 0) is 16.1 Å². The smallest absolute Gasteiger partial charge is 0.342 e. The number of halogens is 3. The number of benzene rings is 1. The Morgan fingerprint density at radius 1 is 1.24 bits per heavy atom. The summed E-state index contributed by atoms with van der Waals surface area (Å²) in [4.78, 5) is 25.9. The van der Waals surface area contributed by atoms with Gasteiger partial charge in [0.25, 0.3) is 7.41 Å². The summed E-state index contributed by atoms with van der Waals surface area (Å²) >= 11 is 0. The molecule has 1 amide bonds. The minimum absolute atomic E-state index is 0.462. The van der Waals surface area contributed by atoms with E-state index >= 15 is 0 Å². The van der Waals surface area contributed by atoms with Crippen LogP contribution in [0.15, 0.2) is 24.3 Å². The highest BCUT2D eigenvalue weighted by Gasteiger charge is 2.39. The summed E-state index contributed by atoms with van der Waals surface area (Å²) in [6, 6.07) is 6.49. The van der Waals surface area contributed by atoms with Gasteiger partial charge in [0.2, 0.25) is 0 Å². The molecule has 1 heterocycles. The van der Waals surface area contributed by atoms with E-state index in [0.717, 1.165) is 44.5 Å². The van der Waals surface area contributed by atoms with Crippen molar-refractivity contribution in [3.8, 4) is 0 Å². The van der Waals surface area contributed by atoms with Gasteiger partial charge < -0.3 is 14.9 Å². The summed E-state index contributed by atoms with van der Waals surface area (Å²) < 4.78 is 36.9. The number of piperazine rings is 1. The van der Waals surface area contributed by atoms with Crippen LogP contribution in [0, 0.1) is 0 Å². The molecule has 1 fully saturated rings. The van der Waals surface area contributed by atoms with Crippen LogP contribution in [0.5, 0.6) is 0 Å². The fourth-order valence-corrected chi connectivity index (χ4v) is 2.77. The molecule has 0 aromatic heterocycles. The number of nitrogens with one attached hydrogen (secondary N) is 1. The van der Waals surface area contributed by atoms with Crippen LogP contribution in [0.1, 0.15) is 24.1 Å². The van der Waals surface area contributed by atoms with Crippen molar-refractivity contribution in [1.29, 1.82) is 0 Å². The summed E-state index contributed by atoms with van der Waals surface area (Å²) in [5, 5.41) is 1.95. The molecule has 2 rings (SSSR count). The molecule has 1 aromatic rings. The Morgan fingerprint density at radius 2 is 1.84 bits per heavy atom. The fourth-order valence-electron chi connectivity index (χ4n) is 2.77. The highest BCUT2D eigenvalue weighted by Crippen LogP contribution is 2.19. The third-order valence-electron chi connectivity index (χ3n) is 4.29. The van der Waals surface area contributed by atoms with Gasteiger partial charge in [-0.05, 0) is 18.1 Å². The number of hydrogen-bond donors (Lipinski definition) is 1. The van der Waals surface area contributed by atoms with Gasteiger partial charge in [0, 0.05) is 32.7 Å². The van der Waals surface area contributed by atoms with E-state index in [-0.39, 0.29) is 0 Å². The molecule has 1 aromatic carbocycles. The molecule has 1 N–H and O–H groups in total. The molecule has 25 heavy (non-hydrogen) atoms. The summed E-state index contributed by atoms with van der Waals surface area (Å²) in [5.41, 5.74) is 1.68. The van der Waals surface area contributed by atoms with Gasteiger partial charge in [0.15, 0.2) is 0 Å². The monoisotopic (exact) mass is 355 g/mol. The first-order valence-electron chi connectivity index (χ1n) is 8.14. The zero-order chi connectivity index (χ0) is 18.4. The van der Waals surface area contributed by atoms with E-state index in [2.05, 4.69) is 9.71 Å². The minimum Gasteiger partial charge on any atom is -0.342 e. The van der Waals surface area contributed by atoms with Crippen LogP contribution in [0.25, 0.3) is 0 Å². The SMILES string of the molecule is C[C@H](NC(=O)C(F)(F)F)c1ccc(CN2CCN(BC=O)CC2)cc1. The van der Waals surface area contributed by atoms with Gasteiger partial charge in [-0.25, -0.2) is 0 Å². The summed E-state index contributed by atoms with van der Waals surface area (Å²) in [7, 11) is 0.462. The Bertz CT molecular complexity index is 587. The predicted octanol–water partition coefficient (Wildman–Crippen LogP) is 1.09. The van der Waals surface area contributed by atoms with E-state index in [4.69, 9.17) is 0 Å². The van der Waals surface area contributed by atoms with Gasteiger partial charge in [-0.2, -0.15) is 13.2 Å². The topological polar surface area (TPSA) is 52.7 Å². The first-order valence-corrected chi connectivity index (χ1v) is 8.14. The van der Waals surface area contributed by atoms with Crippen LogP contribution in [0.2, 0.25) is 0 Å². The van der Waals surface area contributed by atoms with Crippen molar-refractivity contribution in [3.63, 3.8) is 0 Å². The van der Waals surface area contributed by atoms with Crippen LogP contribution < -0.4 is 5.32 Å². The maximum atomic E-state index is 12.3. The van der Waals surface area contributed by atoms with Gasteiger partial charge >= 0.3 is 12.1 Å². The first kappa shape index (κ1) is 19.5. The van der Waals surface area contributed by atoms with Crippen molar-refractivity contribution in [2.24, 2.45) is 0 Å². The van der Waals surface area contributed by atoms with Crippen molar-refractivity contribution in [2.75, 3.05) is 26.2 Å². The van der Waals surface area contributed by atoms with Crippen molar-refractivity contribution in [2.45, 2.75) is 25.7 Å². The Balaban J connectivity index is 1.85. The van der Waals surface area contributed by atoms with E-state index < -0.39 is 18.1 Å². The number of amides is 1.